The minimum Gasteiger partial charge on any atom is -1.00 e. The molecule has 0 bridgehead atoms. The van der Waals surface area contributed by atoms with Crippen LogP contribution in [-0.2, 0) is 7.05 Å². The normalized spacial score (nSPS) is 10.0. The second-order valence-electron chi connectivity index (χ2n) is 4.11. The molecule has 0 amide bonds. The van der Waals surface area contributed by atoms with E-state index in [1.165, 1.54) is 20.8 Å². The molecule has 0 aliphatic carbocycles. The molecule has 0 unspecified atom stereocenters. The van der Waals surface area contributed by atoms with E-state index in [-0.39, 0.29) is 24.0 Å². The highest BCUT2D eigenvalue weighted by molar-refractivity contribution is 8.21. The van der Waals surface area contributed by atoms with Crippen molar-refractivity contribution in [3.8, 4) is 5.75 Å². The van der Waals surface area contributed by atoms with Crippen molar-refractivity contribution in [1.29, 1.82) is 0 Å². The lowest BCUT2D eigenvalue weighted by Gasteiger charge is -2.04. The Morgan fingerprint density at radius 3 is 2.45 bits per heavy atom. The number of halogens is 1. The van der Waals surface area contributed by atoms with E-state index >= 15 is 0 Å². The van der Waals surface area contributed by atoms with E-state index in [2.05, 4.69) is 54.5 Å². The van der Waals surface area contributed by atoms with Gasteiger partial charge in [0.25, 0.3) is 0 Å². The van der Waals surface area contributed by atoms with E-state index in [1.54, 1.807) is 30.6 Å². The first-order valence-electron chi connectivity index (χ1n) is 5.96. The molecule has 1 aromatic heterocycles. The zero-order valence-corrected chi connectivity index (χ0v) is 15.8. The van der Waals surface area contributed by atoms with Crippen LogP contribution in [0.3, 0.4) is 0 Å². The third-order valence-corrected chi connectivity index (χ3v) is 5.13. The molecule has 0 aliphatic heterocycles. The lowest BCUT2D eigenvalue weighted by atomic mass is 10.2. The quantitative estimate of drug-likeness (QED) is 0.535. The van der Waals surface area contributed by atoms with Gasteiger partial charge in [-0.2, -0.15) is 4.57 Å². The van der Waals surface area contributed by atoms with Crippen molar-refractivity contribution in [2.45, 2.75) is 0 Å². The van der Waals surface area contributed by atoms with Crippen molar-refractivity contribution in [3.05, 3.63) is 40.3 Å². The predicted molar refractivity (Wildman–Crippen MR) is 86.7 cm³/mol. The zero-order chi connectivity index (χ0) is 13.8. The number of benzene rings is 1. The number of pyridine rings is 1. The maximum absolute atomic E-state index is 5.26. The summed E-state index contributed by atoms with van der Waals surface area (Å²) < 4.78 is 8.78. The van der Waals surface area contributed by atoms with Crippen LogP contribution in [0.15, 0.2) is 34.6 Å². The monoisotopic (exact) mass is 419 g/mol. The Morgan fingerprint density at radius 1 is 1.15 bits per heavy atom. The summed E-state index contributed by atoms with van der Waals surface area (Å²) in [6.45, 7) is 0. The van der Waals surface area contributed by atoms with Crippen LogP contribution in [0.4, 0.5) is 0 Å². The van der Waals surface area contributed by atoms with Gasteiger partial charge in [0.15, 0.2) is 0 Å². The van der Waals surface area contributed by atoms with E-state index in [9.17, 15) is 0 Å². The number of aryl methyl sites for hydroxylation is 1. The molecule has 108 valence electrons. The molecule has 0 saturated heterocycles. The average Bonchev–Trinajstić information content (AvgIpc) is 2.46. The standard InChI is InChI=1S/C15H18NOS2.HI/c1-16-12(10-15(18-3)19-4)6-5-11-9-13(17-2)7-8-14(11)16;/h5-10H,1-4H3;1H/q+1;/p-1. The molecular formula is C15H18INOS2. The van der Waals surface area contributed by atoms with Crippen molar-refractivity contribution >= 4 is 40.5 Å². The molecule has 0 N–H and O–H groups in total. The average molecular weight is 419 g/mol. The molecule has 2 rings (SSSR count). The molecular weight excluding hydrogens is 401 g/mol. The summed E-state index contributed by atoms with van der Waals surface area (Å²) in [6.07, 6.45) is 6.43. The topological polar surface area (TPSA) is 13.1 Å². The molecule has 0 aliphatic rings. The van der Waals surface area contributed by atoms with E-state index in [0.29, 0.717) is 0 Å². The Morgan fingerprint density at radius 2 is 1.85 bits per heavy atom. The number of thioether (sulfide) groups is 2. The summed E-state index contributed by atoms with van der Waals surface area (Å²) in [5.74, 6) is 0.893. The van der Waals surface area contributed by atoms with Crippen molar-refractivity contribution in [2.24, 2.45) is 7.05 Å². The van der Waals surface area contributed by atoms with Gasteiger partial charge in [0.2, 0.25) is 11.2 Å². The molecule has 0 spiro atoms. The SMILES string of the molecule is COc1ccc2c(ccc(C=C(SC)SC)[n+]2C)c1.[I-]. The van der Waals surface area contributed by atoms with E-state index < -0.39 is 0 Å². The Labute approximate surface area is 146 Å². The van der Waals surface area contributed by atoms with Crippen LogP contribution >= 0.6 is 23.5 Å². The molecule has 5 heteroatoms. The van der Waals surface area contributed by atoms with Gasteiger partial charge < -0.3 is 28.7 Å². The van der Waals surface area contributed by atoms with Crippen molar-refractivity contribution in [1.82, 2.24) is 0 Å². The van der Waals surface area contributed by atoms with Gasteiger partial charge >= 0.3 is 0 Å². The molecule has 0 fully saturated rings. The van der Waals surface area contributed by atoms with Gasteiger partial charge in [-0.05, 0) is 30.7 Å². The van der Waals surface area contributed by atoms with E-state index in [1.807, 2.05) is 6.07 Å². The van der Waals surface area contributed by atoms with Gasteiger partial charge in [0.05, 0.1) is 12.5 Å². The maximum atomic E-state index is 5.26. The molecule has 1 aromatic carbocycles. The summed E-state index contributed by atoms with van der Waals surface area (Å²) in [5, 5.41) is 1.19. The number of hydrogen-bond acceptors (Lipinski definition) is 3. The van der Waals surface area contributed by atoms with Crippen LogP contribution in [0.1, 0.15) is 5.69 Å². The van der Waals surface area contributed by atoms with Crippen LogP contribution in [0.25, 0.3) is 17.0 Å². The van der Waals surface area contributed by atoms with Gasteiger partial charge in [-0.3, -0.25) is 0 Å². The first-order chi connectivity index (χ1) is 9.19. The van der Waals surface area contributed by atoms with Gasteiger partial charge in [-0.25, -0.2) is 0 Å². The smallest absolute Gasteiger partial charge is 0.212 e. The molecule has 0 atom stereocenters. The number of ether oxygens (including phenoxy) is 1. The minimum absolute atomic E-state index is 0. The van der Waals surface area contributed by atoms with Crippen LogP contribution < -0.4 is 33.3 Å². The van der Waals surface area contributed by atoms with Crippen molar-refractivity contribution < 1.29 is 33.3 Å². The Hall–Kier alpha value is -0.400. The second kappa shape index (κ2) is 8.14. The third-order valence-electron chi connectivity index (χ3n) is 3.09. The van der Waals surface area contributed by atoms with Crippen molar-refractivity contribution in [2.75, 3.05) is 19.6 Å². The molecule has 1 heterocycles. The first-order valence-corrected chi connectivity index (χ1v) is 8.41. The molecule has 2 nitrogen and oxygen atoms in total. The Balaban J connectivity index is 0.00000200. The maximum Gasteiger partial charge on any atom is 0.212 e. The summed E-state index contributed by atoms with van der Waals surface area (Å²) >= 11 is 3.55. The molecule has 0 radical (unpaired) electrons. The van der Waals surface area contributed by atoms with Crippen LogP contribution in [0, 0.1) is 0 Å². The van der Waals surface area contributed by atoms with Crippen LogP contribution in [0.2, 0.25) is 0 Å². The predicted octanol–water partition coefficient (Wildman–Crippen LogP) is 0.701. The first kappa shape index (κ1) is 17.7. The number of methoxy groups -OCH3 is 1. The van der Waals surface area contributed by atoms with Gasteiger partial charge in [-0.1, -0.05) is 0 Å². The molecule has 0 saturated carbocycles. The third kappa shape index (κ3) is 3.83. The molecule has 2 aromatic rings. The number of nitrogens with zero attached hydrogens (tertiary/aromatic N) is 1. The summed E-state index contributed by atoms with van der Waals surface area (Å²) in [5.41, 5.74) is 2.41. The largest absolute Gasteiger partial charge is 1.00 e. The lowest BCUT2D eigenvalue weighted by Crippen LogP contribution is -3.00. The van der Waals surface area contributed by atoms with Gasteiger partial charge in [-0.15, -0.1) is 23.5 Å². The lowest BCUT2D eigenvalue weighted by molar-refractivity contribution is -0.646. The van der Waals surface area contributed by atoms with Gasteiger partial charge in [0.1, 0.15) is 12.8 Å². The molecule has 20 heavy (non-hydrogen) atoms. The highest BCUT2D eigenvalue weighted by atomic mass is 127. The fraction of sp³-hybridized carbons (Fsp3) is 0.267. The minimum atomic E-state index is 0. The second-order valence-corrected chi connectivity index (χ2v) is 6.07. The number of rotatable bonds is 4. The van der Waals surface area contributed by atoms with E-state index in [0.717, 1.165) is 5.75 Å². The summed E-state index contributed by atoms with van der Waals surface area (Å²) in [7, 11) is 3.79. The fourth-order valence-electron chi connectivity index (χ4n) is 1.99. The highest BCUT2D eigenvalue weighted by Gasteiger charge is 2.11. The Kier molecular flexibility index (Phi) is 7.19. The number of fused-ring (bicyclic) bond motifs is 1. The van der Waals surface area contributed by atoms with Gasteiger partial charge in [0, 0.05) is 22.4 Å². The summed E-state index contributed by atoms with van der Waals surface area (Å²) in [6, 6.07) is 10.5. The van der Waals surface area contributed by atoms with Crippen LogP contribution in [-0.4, -0.2) is 19.6 Å². The fourth-order valence-corrected chi connectivity index (χ4v) is 3.14. The number of aromatic nitrogens is 1. The highest BCUT2D eigenvalue weighted by Crippen LogP contribution is 2.26. The Bertz CT molecular complexity index is 623. The summed E-state index contributed by atoms with van der Waals surface area (Å²) in [4.78, 5) is 0. The van der Waals surface area contributed by atoms with Crippen molar-refractivity contribution in [3.63, 3.8) is 0 Å². The number of hydrogen-bond donors (Lipinski definition) is 0. The zero-order valence-electron chi connectivity index (χ0n) is 12.0. The van der Waals surface area contributed by atoms with E-state index in [4.69, 9.17) is 4.74 Å². The van der Waals surface area contributed by atoms with Crippen LogP contribution in [0.5, 0.6) is 5.75 Å².